The van der Waals surface area contributed by atoms with Gasteiger partial charge in [-0.3, -0.25) is 0 Å². The molecule has 0 spiro atoms. The molecule has 10 aromatic carbocycles. The molecule has 0 saturated heterocycles. The Morgan fingerprint density at radius 2 is 0.750 bits per heavy atom. The molecule has 10 aromatic rings. The van der Waals surface area contributed by atoms with Gasteiger partial charge in [0.05, 0.1) is 0 Å². The lowest BCUT2D eigenvalue weighted by Crippen LogP contribution is -2.09. The van der Waals surface area contributed by atoms with Gasteiger partial charge in [0.15, 0.2) is 0 Å². The number of hydrogen-bond donors (Lipinski definition) is 0. The molecule has 0 N–H and O–H groups in total. The summed E-state index contributed by atoms with van der Waals surface area (Å²) in [6.07, 6.45) is 0.813. The van der Waals surface area contributed by atoms with Crippen LogP contribution in [0.5, 0.6) is 11.5 Å². The zero-order valence-corrected chi connectivity index (χ0v) is 30.9. The van der Waals surface area contributed by atoms with Crippen molar-refractivity contribution < 1.29 is 4.74 Å². The second-order valence-electron chi connectivity index (χ2n) is 15.2. The Labute approximate surface area is 327 Å². The van der Waals surface area contributed by atoms with E-state index in [1.165, 1.54) is 87.6 Å². The maximum Gasteiger partial charge on any atom is 0.131 e. The molecule has 264 valence electrons. The van der Waals surface area contributed by atoms with Gasteiger partial charge >= 0.3 is 0 Å². The molecule has 1 heterocycles. The van der Waals surface area contributed by atoms with Crippen LogP contribution in [-0.4, -0.2) is 0 Å². The minimum atomic E-state index is 0.0341. The van der Waals surface area contributed by atoms with Crippen molar-refractivity contribution in [2.75, 3.05) is 0 Å². The monoisotopic (exact) mass is 714 g/mol. The minimum absolute atomic E-state index is 0.0341. The van der Waals surface area contributed by atoms with Gasteiger partial charge in [-0.25, -0.2) is 0 Å². The first-order valence-electron chi connectivity index (χ1n) is 19.6. The van der Waals surface area contributed by atoms with Crippen molar-refractivity contribution in [3.63, 3.8) is 0 Å². The topological polar surface area (TPSA) is 9.23 Å². The fourth-order valence-corrected chi connectivity index (χ4v) is 9.37. The van der Waals surface area contributed by atoms with E-state index in [-0.39, 0.29) is 11.8 Å². The van der Waals surface area contributed by atoms with Crippen LogP contribution in [0.2, 0.25) is 0 Å². The highest BCUT2D eigenvalue weighted by Crippen LogP contribution is 2.46. The molecule has 1 nitrogen and oxygen atoms in total. The van der Waals surface area contributed by atoms with Gasteiger partial charge < -0.3 is 4.74 Å². The van der Waals surface area contributed by atoms with Crippen LogP contribution in [0.15, 0.2) is 206 Å². The van der Waals surface area contributed by atoms with Crippen LogP contribution in [0.3, 0.4) is 0 Å². The lowest BCUT2D eigenvalue weighted by atomic mass is 9.80. The van der Waals surface area contributed by atoms with Crippen LogP contribution in [0.25, 0.3) is 43.1 Å². The molecule has 0 fully saturated rings. The van der Waals surface area contributed by atoms with Gasteiger partial charge in [-0.1, -0.05) is 182 Å². The van der Waals surface area contributed by atoms with E-state index in [1.54, 1.807) is 0 Å². The summed E-state index contributed by atoms with van der Waals surface area (Å²) in [5.41, 5.74) is 10.1. The van der Waals surface area contributed by atoms with Gasteiger partial charge in [-0.15, -0.1) is 0 Å². The van der Waals surface area contributed by atoms with Crippen molar-refractivity contribution in [3.05, 3.63) is 251 Å². The third-order valence-corrected chi connectivity index (χ3v) is 11.9. The van der Waals surface area contributed by atoms with Crippen LogP contribution in [0, 0.1) is 0 Å². The third kappa shape index (κ3) is 5.47. The molecule has 0 amide bonds. The standard InChI is InChI=1S/C55H38O/c1-3-15-36(16-4-1)54(50-33-38-19-7-9-21-44(38)46-23-11-13-25-48(46)50)41-29-30-52-43(32-41)31-40-27-28-42(35-53(40)56-52)55(37-17-5-2-6-18-37)51-34-39-20-8-10-22-45(39)47-24-12-14-26-49(47)51/h1-30,32-35,54-55H,31H2. The molecule has 11 rings (SSSR count). The second-order valence-corrected chi connectivity index (χ2v) is 15.2. The lowest BCUT2D eigenvalue weighted by Gasteiger charge is -2.27. The number of hydrogen-bond acceptors (Lipinski definition) is 1. The highest BCUT2D eigenvalue weighted by molar-refractivity contribution is 6.10. The summed E-state index contributed by atoms with van der Waals surface area (Å²) in [6, 6.07) is 75.7. The zero-order valence-electron chi connectivity index (χ0n) is 30.9. The number of fused-ring (bicyclic) bond motifs is 8. The Kier molecular flexibility index (Phi) is 7.77. The Morgan fingerprint density at radius 3 is 1.30 bits per heavy atom. The van der Waals surface area contributed by atoms with Gasteiger partial charge in [-0.2, -0.15) is 0 Å². The van der Waals surface area contributed by atoms with Crippen LogP contribution >= 0.6 is 0 Å². The summed E-state index contributed by atoms with van der Waals surface area (Å²) < 4.78 is 6.87. The molecule has 0 aromatic heterocycles. The SMILES string of the molecule is c1ccc(C(c2ccc3c(c2)Cc2ccc(C(c4ccccc4)c4cc5ccccc5c5ccccc45)cc2O3)c2cc3ccccc3c3ccccc23)cc1. The van der Waals surface area contributed by atoms with Gasteiger partial charge in [0, 0.05) is 18.3 Å². The van der Waals surface area contributed by atoms with E-state index in [0.717, 1.165) is 17.9 Å². The smallest absolute Gasteiger partial charge is 0.131 e. The maximum atomic E-state index is 6.87. The third-order valence-electron chi connectivity index (χ3n) is 11.9. The zero-order chi connectivity index (χ0) is 37.0. The highest BCUT2D eigenvalue weighted by atomic mass is 16.5. The predicted molar refractivity (Wildman–Crippen MR) is 233 cm³/mol. The van der Waals surface area contributed by atoms with Crippen molar-refractivity contribution in [3.8, 4) is 11.5 Å². The van der Waals surface area contributed by atoms with Crippen LogP contribution in [0.4, 0.5) is 0 Å². The summed E-state index contributed by atoms with van der Waals surface area (Å²) in [5.74, 6) is 1.96. The van der Waals surface area contributed by atoms with Crippen LogP contribution < -0.4 is 4.74 Å². The molecule has 2 unspecified atom stereocenters. The summed E-state index contributed by atoms with van der Waals surface area (Å²) in [4.78, 5) is 0. The van der Waals surface area contributed by atoms with Gasteiger partial charge in [0.1, 0.15) is 11.5 Å². The lowest BCUT2D eigenvalue weighted by molar-refractivity contribution is 0.459. The fourth-order valence-electron chi connectivity index (χ4n) is 9.37. The van der Waals surface area contributed by atoms with E-state index in [0.29, 0.717) is 0 Å². The molecular formula is C55H38O. The Hall–Kier alpha value is -6.96. The van der Waals surface area contributed by atoms with Crippen LogP contribution in [0.1, 0.15) is 56.3 Å². The number of benzene rings is 10. The van der Waals surface area contributed by atoms with E-state index in [2.05, 4.69) is 206 Å². The average Bonchev–Trinajstić information content (AvgIpc) is 3.26. The normalized spacial score (nSPS) is 13.3. The molecule has 0 radical (unpaired) electrons. The molecule has 56 heavy (non-hydrogen) atoms. The van der Waals surface area contributed by atoms with E-state index < -0.39 is 0 Å². The first-order valence-corrected chi connectivity index (χ1v) is 19.6. The maximum absolute atomic E-state index is 6.87. The Morgan fingerprint density at radius 1 is 0.304 bits per heavy atom. The number of rotatable bonds is 6. The van der Waals surface area contributed by atoms with Crippen molar-refractivity contribution >= 4 is 43.1 Å². The first kappa shape index (κ1) is 32.5. The molecule has 2 atom stereocenters. The average molecular weight is 715 g/mol. The minimum Gasteiger partial charge on any atom is -0.457 e. The Bertz CT molecular complexity index is 2880. The van der Waals surface area contributed by atoms with Gasteiger partial charge in [0.25, 0.3) is 0 Å². The van der Waals surface area contributed by atoms with E-state index in [4.69, 9.17) is 4.74 Å². The molecule has 0 bridgehead atoms. The highest BCUT2D eigenvalue weighted by Gasteiger charge is 2.26. The Balaban J connectivity index is 1.01. The summed E-state index contributed by atoms with van der Waals surface area (Å²) in [6.45, 7) is 0. The number of ether oxygens (including phenoxy) is 1. The summed E-state index contributed by atoms with van der Waals surface area (Å²) >= 11 is 0. The quantitative estimate of drug-likeness (QED) is 0.123. The van der Waals surface area contributed by atoms with E-state index >= 15 is 0 Å². The fraction of sp³-hybridized carbons (Fsp3) is 0.0545. The van der Waals surface area contributed by atoms with Crippen molar-refractivity contribution in [2.24, 2.45) is 0 Å². The van der Waals surface area contributed by atoms with Crippen molar-refractivity contribution in [2.45, 2.75) is 18.3 Å². The molecule has 1 heteroatoms. The molecule has 0 aliphatic carbocycles. The second kappa shape index (κ2) is 13.4. The van der Waals surface area contributed by atoms with Crippen molar-refractivity contribution in [1.29, 1.82) is 0 Å². The van der Waals surface area contributed by atoms with E-state index in [9.17, 15) is 0 Å². The van der Waals surface area contributed by atoms with E-state index in [1.807, 2.05) is 0 Å². The summed E-state index contributed by atoms with van der Waals surface area (Å²) in [5, 5.41) is 10.2. The molecule has 0 saturated carbocycles. The summed E-state index contributed by atoms with van der Waals surface area (Å²) in [7, 11) is 0. The van der Waals surface area contributed by atoms with Crippen LogP contribution in [-0.2, 0) is 6.42 Å². The predicted octanol–water partition coefficient (Wildman–Crippen LogP) is 14.4. The van der Waals surface area contributed by atoms with Crippen molar-refractivity contribution in [1.82, 2.24) is 0 Å². The largest absolute Gasteiger partial charge is 0.457 e. The van der Waals surface area contributed by atoms with Gasteiger partial charge in [-0.05, 0) is 112 Å². The molecular weight excluding hydrogens is 677 g/mol. The molecule has 1 aliphatic heterocycles. The first-order chi connectivity index (χ1) is 27.8. The molecule has 1 aliphatic rings. The van der Waals surface area contributed by atoms with Gasteiger partial charge in [0.2, 0.25) is 0 Å².